The fourth-order valence-corrected chi connectivity index (χ4v) is 5.46. The minimum atomic E-state index is 0.638. The van der Waals surface area contributed by atoms with Crippen LogP contribution in [0.5, 0.6) is 0 Å². The highest BCUT2D eigenvalue weighted by Gasteiger charge is 2.20. The van der Waals surface area contributed by atoms with Gasteiger partial charge in [0.05, 0.1) is 5.39 Å². The lowest BCUT2D eigenvalue weighted by molar-refractivity contribution is 0.182. The summed E-state index contributed by atoms with van der Waals surface area (Å²) in [6.45, 7) is 4.14. The molecule has 0 spiro atoms. The molecule has 0 unspecified atom stereocenters. The number of nitrogens with one attached hydrogen (secondary N) is 1. The third kappa shape index (κ3) is 4.91. The van der Waals surface area contributed by atoms with Gasteiger partial charge in [-0.05, 0) is 67.2 Å². The number of nitrogens with zero attached hydrogens (tertiary/aromatic N) is 3. The molecule has 5 rings (SSSR count). The van der Waals surface area contributed by atoms with Crippen molar-refractivity contribution in [2.45, 2.75) is 19.4 Å². The molecule has 0 aliphatic carbocycles. The van der Waals surface area contributed by atoms with Crippen LogP contribution in [0.4, 0.5) is 5.82 Å². The van der Waals surface area contributed by atoms with E-state index in [4.69, 9.17) is 23.2 Å². The molecule has 1 aliphatic heterocycles. The Balaban J connectivity index is 1.23. The van der Waals surface area contributed by atoms with E-state index in [1.165, 1.54) is 18.4 Å². The van der Waals surface area contributed by atoms with Crippen molar-refractivity contribution < 1.29 is 0 Å². The van der Waals surface area contributed by atoms with E-state index in [-0.39, 0.29) is 0 Å². The zero-order chi connectivity index (χ0) is 21.9. The lowest BCUT2D eigenvalue weighted by atomic mass is 9.96. The molecular weight excluding hydrogens is 459 g/mol. The van der Waals surface area contributed by atoms with Crippen LogP contribution in [0, 0.1) is 5.92 Å². The summed E-state index contributed by atoms with van der Waals surface area (Å²) in [5.74, 6) is 1.56. The number of aromatic nitrogens is 2. The molecule has 0 radical (unpaired) electrons. The number of fused-ring (bicyclic) bond motifs is 1. The lowest BCUT2D eigenvalue weighted by Gasteiger charge is -2.32. The molecule has 7 heteroatoms. The number of hydrogen-bond donors (Lipinski definition) is 1. The third-order valence-electron chi connectivity index (χ3n) is 6.11. The number of piperidine rings is 1. The average molecular weight is 483 g/mol. The van der Waals surface area contributed by atoms with Gasteiger partial charge >= 0.3 is 0 Å². The first-order valence-corrected chi connectivity index (χ1v) is 12.5. The first kappa shape index (κ1) is 21.7. The maximum Gasteiger partial charge on any atom is 0.138 e. The number of benzene rings is 2. The van der Waals surface area contributed by atoms with Crippen molar-refractivity contribution >= 4 is 50.6 Å². The second-order valence-corrected chi connectivity index (χ2v) is 10.0. The van der Waals surface area contributed by atoms with Gasteiger partial charge in [0.15, 0.2) is 0 Å². The van der Waals surface area contributed by atoms with Crippen molar-refractivity contribution in [3.05, 3.63) is 75.8 Å². The Morgan fingerprint density at radius 2 is 1.62 bits per heavy atom. The van der Waals surface area contributed by atoms with Crippen LogP contribution in [-0.2, 0) is 6.54 Å². The summed E-state index contributed by atoms with van der Waals surface area (Å²) in [6, 6.07) is 16.1. The molecule has 2 aromatic heterocycles. The van der Waals surface area contributed by atoms with E-state index in [1.807, 2.05) is 24.3 Å². The summed E-state index contributed by atoms with van der Waals surface area (Å²) in [4.78, 5) is 12.6. The van der Waals surface area contributed by atoms with Gasteiger partial charge in [0.2, 0.25) is 0 Å². The summed E-state index contributed by atoms with van der Waals surface area (Å²) in [6.07, 6.45) is 4.02. The maximum atomic E-state index is 6.08. The predicted molar refractivity (Wildman–Crippen MR) is 136 cm³/mol. The largest absolute Gasteiger partial charge is 0.369 e. The van der Waals surface area contributed by atoms with Crippen molar-refractivity contribution in [2.75, 3.05) is 25.0 Å². The van der Waals surface area contributed by atoms with Crippen molar-refractivity contribution in [1.29, 1.82) is 0 Å². The maximum absolute atomic E-state index is 6.08. The van der Waals surface area contributed by atoms with E-state index in [0.29, 0.717) is 5.92 Å². The Kier molecular flexibility index (Phi) is 6.60. The summed E-state index contributed by atoms with van der Waals surface area (Å²) >= 11 is 13.7. The Morgan fingerprint density at radius 3 is 2.34 bits per heavy atom. The van der Waals surface area contributed by atoms with Gasteiger partial charge < -0.3 is 5.32 Å². The third-order valence-corrected chi connectivity index (χ3v) is 7.50. The van der Waals surface area contributed by atoms with E-state index in [1.54, 1.807) is 17.7 Å². The molecular formula is C25H24Cl2N4S. The zero-order valence-electron chi connectivity index (χ0n) is 17.6. The highest BCUT2D eigenvalue weighted by atomic mass is 35.5. The Labute approximate surface area is 202 Å². The molecule has 32 heavy (non-hydrogen) atoms. The van der Waals surface area contributed by atoms with Crippen LogP contribution in [-0.4, -0.2) is 34.5 Å². The second-order valence-electron chi connectivity index (χ2n) is 8.29. The molecule has 0 bridgehead atoms. The average Bonchev–Trinajstić information content (AvgIpc) is 3.25. The molecule has 1 aliphatic rings. The highest BCUT2D eigenvalue weighted by Crippen LogP contribution is 2.37. The molecule has 3 heterocycles. The normalized spacial score (nSPS) is 15.3. The monoisotopic (exact) mass is 482 g/mol. The van der Waals surface area contributed by atoms with E-state index in [2.05, 4.69) is 49.8 Å². The van der Waals surface area contributed by atoms with E-state index >= 15 is 0 Å². The van der Waals surface area contributed by atoms with Crippen molar-refractivity contribution in [2.24, 2.45) is 5.92 Å². The zero-order valence-corrected chi connectivity index (χ0v) is 19.9. The fraction of sp³-hybridized carbons (Fsp3) is 0.280. The van der Waals surface area contributed by atoms with Gasteiger partial charge in [0.1, 0.15) is 17.0 Å². The van der Waals surface area contributed by atoms with E-state index in [0.717, 1.165) is 63.4 Å². The van der Waals surface area contributed by atoms with Crippen molar-refractivity contribution in [3.63, 3.8) is 0 Å². The van der Waals surface area contributed by atoms with Crippen molar-refractivity contribution in [1.82, 2.24) is 14.9 Å². The van der Waals surface area contributed by atoms with E-state index < -0.39 is 0 Å². The second kappa shape index (κ2) is 9.75. The van der Waals surface area contributed by atoms with Gasteiger partial charge in [-0.3, -0.25) is 4.90 Å². The molecule has 4 aromatic rings. The van der Waals surface area contributed by atoms with Crippen LogP contribution in [0.15, 0.2) is 60.2 Å². The molecule has 1 fully saturated rings. The van der Waals surface area contributed by atoms with E-state index in [9.17, 15) is 0 Å². The molecule has 164 valence electrons. The number of rotatable bonds is 6. The Hall–Kier alpha value is -2.18. The summed E-state index contributed by atoms with van der Waals surface area (Å²) < 4.78 is 0. The molecule has 1 saturated heterocycles. The Morgan fingerprint density at radius 1 is 0.938 bits per heavy atom. The van der Waals surface area contributed by atoms with Crippen LogP contribution < -0.4 is 5.32 Å². The van der Waals surface area contributed by atoms with Crippen LogP contribution >= 0.6 is 34.5 Å². The first-order chi connectivity index (χ1) is 15.7. The number of anilines is 1. The minimum Gasteiger partial charge on any atom is -0.369 e. The molecule has 4 nitrogen and oxygen atoms in total. The van der Waals surface area contributed by atoms with Crippen LogP contribution in [0.25, 0.3) is 21.3 Å². The summed E-state index contributed by atoms with van der Waals surface area (Å²) in [5, 5.41) is 8.42. The molecule has 2 aromatic carbocycles. The summed E-state index contributed by atoms with van der Waals surface area (Å²) in [5.41, 5.74) is 3.61. The van der Waals surface area contributed by atoms with Crippen LogP contribution in [0.1, 0.15) is 18.4 Å². The van der Waals surface area contributed by atoms with Crippen molar-refractivity contribution in [3.8, 4) is 11.1 Å². The van der Waals surface area contributed by atoms with Gasteiger partial charge in [0, 0.05) is 34.1 Å². The SMILES string of the molecule is Clc1ccc(CN2CCC(CNc3ncnc4scc(-c5ccc(Cl)cc5)c34)CC2)cc1. The van der Waals surface area contributed by atoms with Gasteiger partial charge in [-0.2, -0.15) is 0 Å². The fourth-order valence-electron chi connectivity index (χ4n) is 4.29. The topological polar surface area (TPSA) is 41.0 Å². The number of likely N-dealkylation sites (tertiary alicyclic amines) is 1. The molecule has 0 atom stereocenters. The lowest BCUT2D eigenvalue weighted by Crippen LogP contribution is -2.35. The smallest absolute Gasteiger partial charge is 0.138 e. The number of halogens is 2. The number of thiophene rings is 1. The number of hydrogen-bond acceptors (Lipinski definition) is 5. The van der Waals surface area contributed by atoms with Gasteiger partial charge in [-0.1, -0.05) is 47.5 Å². The predicted octanol–water partition coefficient (Wildman–Crippen LogP) is 6.99. The molecule has 0 saturated carbocycles. The van der Waals surface area contributed by atoms with Gasteiger partial charge in [0.25, 0.3) is 0 Å². The van der Waals surface area contributed by atoms with Gasteiger partial charge in [-0.25, -0.2) is 9.97 Å². The molecule has 1 N–H and O–H groups in total. The Bertz CT molecular complexity index is 1180. The summed E-state index contributed by atoms with van der Waals surface area (Å²) in [7, 11) is 0. The van der Waals surface area contributed by atoms with Crippen LogP contribution in [0.2, 0.25) is 10.0 Å². The highest BCUT2D eigenvalue weighted by molar-refractivity contribution is 7.17. The minimum absolute atomic E-state index is 0.638. The van der Waals surface area contributed by atoms with Gasteiger partial charge in [-0.15, -0.1) is 11.3 Å². The van der Waals surface area contributed by atoms with Crippen LogP contribution in [0.3, 0.4) is 0 Å². The first-order valence-electron chi connectivity index (χ1n) is 10.8. The quantitative estimate of drug-likeness (QED) is 0.321. The molecule has 0 amide bonds. The standard InChI is InChI=1S/C25H24Cl2N4S/c26-20-5-1-18(2-6-20)14-31-11-9-17(10-12-31)13-28-24-23-22(15-32-25(23)30-16-29-24)19-3-7-21(27)8-4-19/h1-8,15-17H,9-14H2,(H,28,29,30).